The van der Waals surface area contributed by atoms with Gasteiger partial charge in [-0.15, -0.1) is 10.2 Å². The van der Waals surface area contributed by atoms with E-state index in [9.17, 15) is 4.79 Å². The fraction of sp³-hybridized carbons (Fsp3) is 0.333. The van der Waals surface area contributed by atoms with Gasteiger partial charge in [-0.3, -0.25) is 4.79 Å². The van der Waals surface area contributed by atoms with Crippen LogP contribution in [0.15, 0.2) is 48.5 Å². The van der Waals surface area contributed by atoms with E-state index in [-0.39, 0.29) is 18.5 Å². The van der Waals surface area contributed by atoms with E-state index < -0.39 is 0 Å². The zero-order valence-corrected chi connectivity index (χ0v) is 15.4. The van der Waals surface area contributed by atoms with Crippen molar-refractivity contribution >= 4 is 5.91 Å². The maximum atomic E-state index is 12.4. The smallest absolute Gasteiger partial charge is 0.244 e. The summed E-state index contributed by atoms with van der Waals surface area (Å²) in [6, 6.07) is 16.1. The van der Waals surface area contributed by atoms with Crippen molar-refractivity contribution < 1.29 is 4.79 Å². The first-order chi connectivity index (χ1) is 13.2. The van der Waals surface area contributed by atoms with E-state index in [1.54, 1.807) is 0 Å². The summed E-state index contributed by atoms with van der Waals surface area (Å²) in [4.78, 5) is 13.7. The van der Waals surface area contributed by atoms with Crippen LogP contribution in [0.25, 0.3) is 11.4 Å². The molecule has 6 nitrogen and oxygen atoms in total. The Morgan fingerprint density at radius 2 is 1.89 bits per heavy atom. The fourth-order valence-corrected chi connectivity index (χ4v) is 3.53. The highest BCUT2D eigenvalue weighted by atomic mass is 16.2. The van der Waals surface area contributed by atoms with Crippen LogP contribution in [0.4, 0.5) is 0 Å². The number of fused-ring (bicyclic) bond motifs is 1. The predicted octanol–water partition coefficient (Wildman–Crippen LogP) is 3.10. The van der Waals surface area contributed by atoms with E-state index in [2.05, 4.69) is 38.9 Å². The van der Waals surface area contributed by atoms with Crippen LogP contribution in [0, 0.1) is 0 Å². The molecule has 1 aliphatic rings. The Morgan fingerprint density at radius 1 is 1.11 bits per heavy atom. The number of carbonyl (C=O) groups excluding carboxylic acids is 1. The van der Waals surface area contributed by atoms with Gasteiger partial charge in [-0.2, -0.15) is 4.80 Å². The van der Waals surface area contributed by atoms with Crippen molar-refractivity contribution in [2.45, 2.75) is 45.2 Å². The molecular weight excluding hydrogens is 338 g/mol. The number of benzene rings is 2. The molecule has 0 saturated carbocycles. The van der Waals surface area contributed by atoms with E-state index in [1.165, 1.54) is 28.8 Å². The monoisotopic (exact) mass is 361 g/mol. The number of rotatable bonds is 5. The Kier molecular flexibility index (Phi) is 4.96. The fourth-order valence-electron chi connectivity index (χ4n) is 3.53. The molecule has 0 bridgehead atoms. The maximum Gasteiger partial charge on any atom is 0.244 e. The molecule has 1 heterocycles. The van der Waals surface area contributed by atoms with Crippen LogP contribution in [0.1, 0.15) is 42.5 Å². The first-order valence-corrected chi connectivity index (χ1v) is 9.43. The Morgan fingerprint density at radius 3 is 2.70 bits per heavy atom. The van der Waals surface area contributed by atoms with Crippen LogP contribution in [-0.2, 0) is 24.2 Å². The average Bonchev–Trinajstić information content (AvgIpc) is 3.16. The molecule has 2 aromatic carbocycles. The minimum Gasteiger partial charge on any atom is -0.348 e. The van der Waals surface area contributed by atoms with Crippen molar-refractivity contribution in [2.24, 2.45) is 0 Å². The number of hydrogen-bond acceptors (Lipinski definition) is 4. The molecule has 0 radical (unpaired) electrons. The second kappa shape index (κ2) is 7.70. The van der Waals surface area contributed by atoms with Gasteiger partial charge in [0, 0.05) is 5.56 Å². The Balaban J connectivity index is 1.39. The molecule has 0 aliphatic heterocycles. The third kappa shape index (κ3) is 4.05. The van der Waals surface area contributed by atoms with Gasteiger partial charge in [-0.25, -0.2) is 0 Å². The zero-order chi connectivity index (χ0) is 18.6. The van der Waals surface area contributed by atoms with Crippen LogP contribution >= 0.6 is 0 Å². The lowest BCUT2D eigenvalue weighted by Crippen LogP contribution is -2.31. The number of carbonyl (C=O) groups is 1. The van der Waals surface area contributed by atoms with Gasteiger partial charge in [-0.05, 0) is 54.5 Å². The Hall–Kier alpha value is -3.02. The molecule has 138 valence electrons. The molecule has 0 fully saturated rings. The highest BCUT2D eigenvalue weighted by molar-refractivity contribution is 5.76. The summed E-state index contributed by atoms with van der Waals surface area (Å²) in [5.41, 5.74) is 4.89. The van der Waals surface area contributed by atoms with Gasteiger partial charge in [0.05, 0.1) is 6.04 Å². The number of nitrogens with zero attached hydrogens (tertiary/aromatic N) is 4. The van der Waals surface area contributed by atoms with Crippen LogP contribution in [0.2, 0.25) is 0 Å². The SMILES string of the molecule is CC(NC(=O)Cn1nnc(-c2ccccc2)n1)c1ccc2c(c1)CCCC2. The van der Waals surface area contributed by atoms with Crippen molar-refractivity contribution in [3.05, 3.63) is 65.2 Å². The molecule has 1 aromatic heterocycles. The van der Waals surface area contributed by atoms with Gasteiger partial charge in [-0.1, -0.05) is 48.5 Å². The minimum absolute atomic E-state index is 0.0507. The second-order valence-corrected chi connectivity index (χ2v) is 7.03. The van der Waals surface area contributed by atoms with Crippen LogP contribution in [-0.4, -0.2) is 26.1 Å². The molecule has 0 saturated heterocycles. The topological polar surface area (TPSA) is 72.7 Å². The largest absolute Gasteiger partial charge is 0.348 e. The van der Waals surface area contributed by atoms with Gasteiger partial charge in [0.15, 0.2) is 0 Å². The number of amides is 1. The number of hydrogen-bond donors (Lipinski definition) is 1. The molecule has 1 N–H and O–H groups in total. The van der Waals surface area contributed by atoms with E-state index in [1.807, 2.05) is 37.3 Å². The van der Waals surface area contributed by atoms with Crippen molar-refractivity contribution in [3.8, 4) is 11.4 Å². The summed E-state index contributed by atoms with van der Waals surface area (Å²) in [6.45, 7) is 2.06. The third-order valence-corrected chi connectivity index (χ3v) is 5.02. The molecule has 1 aliphatic carbocycles. The predicted molar refractivity (Wildman–Crippen MR) is 103 cm³/mol. The van der Waals surface area contributed by atoms with E-state index in [0.29, 0.717) is 5.82 Å². The molecule has 0 spiro atoms. The highest BCUT2D eigenvalue weighted by Gasteiger charge is 2.15. The number of aromatic nitrogens is 4. The van der Waals surface area contributed by atoms with E-state index in [4.69, 9.17) is 0 Å². The van der Waals surface area contributed by atoms with Gasteiger partial charge < -0.3 is 5.32 Å². The normalized spacial score (nSPS) is 14.4. The number of aryl methyl sites for hydroxylation is 2. The van der Waals surface area contributed by atoms with Crippen molar-refractivity contribution in [1.82, 2.24) is 25.5 Å². The van der Waals surface area contributed by atoms with Crippen LogP contribution in [0.5, 0.6) is 0 Å². The molecule has 1 unspecified atom stereocenters. The summed E-state index contributed by atoms with van der Waals surface area (Å²) in [7, 11) is 0. The summed E-state index contributed by atoms with van der Waals surface area (Å²) < 4.78 is 0. The lowest BCUT2D eigenvalue weighted by atomic mass is 9.89. The van der Waals surface area contributed by atoms with Gasteiger partial charge in [0.25, 0.3) is 0 Å². The van der Waals surface area contributed by atoms with Gasteiger partial charge in [0.2, 0.25) is 11.7 Å². The summed E-state index contributed by atoms with van der Waals surface area (Å²) in [6.07, 6.45) is 4.82. The summed E-state index contributed by atoms with van der Waals surface area (Å²) in [5, 5.41) is 15.3. The molecule has 27 heavy (non-hydrogen) atoms. The van der Waals surface area contributed by atoms with Crippen LogP contribution < -0.4 is 5.32 Å². The number of tetrazole rings is 1. The van der Waals surface area contributed by atoms with Gasteiger partial charge in [0.1, 0.15) is 6.54 Å². The molecule has 3 aromatic rings. The molecule has 6 heteroatoms. The average molecular weight is 361 g/mol. The van der Waals surface area contributed by atoms with Gasteiger partial charge >= 0.3 is 0 Å². The lowest BCUT2D eigenvalue weighted by Gasteiger charge is -2.20. The molecule has 1 atom stereocenters. The lowest BCUT2D eigenvalue weighted by molar-refractivity contribution is -0.122. The third-order valence-electron chi connectivity index (χ3n) is 5.02. The minimum atomic E-state index is -0.128. The summed E-state index contributed by atoms with van der Waals surface area (Å²) in [5.74, 6) is 0.392. The Bertz CT molecular complexity index is 935. The standard InChI is InChI=1S/C21H23N5O/c1-15(18-12-11-16-7-5-6-10-19(16)13-18)22-20(27)14-26-24-21(23-25-26)17-8-3-2-4-9-17/h2-4,8-9,11-13,15H,5-7,10,14H2,1H3,(H,22,27). The van der Waals surface area contributed by atoms with Crippen molar-refractivity contribution in [2.75, 3.05) is 0 Å². The second-order valence-electron chi connectivity index (χ2n) is 7.03. The zero-order valence-electron chi connectivity index (χ0n) is 15.4. The van der Waals surface area contributed by atoms with E-state index >= 15 is 0 Å². The highest BCUT2D eigenvalue weighted by Crippen LogP contribution is 2.24. The number of nitrogens with one attached hydrogen (secondary N) is 1. The van der Waals surface area contributed by atoms with Crippen LogP contribution in [0.3, 0.4) is 0 Å². The first-order valence-electron chi connectivity index (χ1n) is 9.43. The maximum absolute atomic E-state index is 12.4. The Labute approximate surface area is 158 Å². The molecular formula is C21H23N5O. The molecule has 4 rings (SSSR count). The first kappa shape index (κ1) is 17.4. The van der Waals surface area contributed by atoms with Crippen molar-refractivity contribution in [3.63, 3.8) is 0 Å². The molecule has 1 amide bonds. The van der Waals surface area contributed by atoms with E-state index in [0.717, 1.165) is 24.0 Å². The van der Waals surface area contributed by atoms with Crippen molar-refractivity contribution in [1.29, 1.82) is 0 Å². The quantitative estimate of drug-likeness (QED) is 0.758. The summed E-state index contributed by atoms with van der Waals surface area (Å²) >= 11 is 0.